The highest BCUT2D eigenvalue weighted by Gasteiger charge is 2.16. The van der Waals surface area contributed by atoms with E-state index in [0.717, 1.165) is 17.1 Å². The SMILES string of the molecule is COc1ccccc1CN(Cc1ccco1)C(=O)CCl. The summed E-state index contributed by atoms with van der Waals surface area (Å²) in [7, 11) is 1.61. The van der Waals surface area contributed by atoms with E-state index in [1.807, 2.05) is 30.3 Å². The monoisotopic (exact) mass is 293 g/mol. The molecule has 1 aromatic carbocycles. The molecule has 2 aromatic rings. The maximum absolute atomic E-state index is 12.0. The van der Waals surface area contributed by atoms with Gasteiger partial charge in [0, 0.05) is 12.1 Å². The molecule has 0 aliphatic rings. The fourth-order valence-electron chi connectivity index (χ4n) is 1.95. The number of furan rings is 1. The van der Waals surface area contributed by atoms with Crippen molar-refractivity contribution in [3.05, 3.63) is 54.0 Å². The van der Waals surface area contributed by atoms with Crippen LogP contribution in [-0.2, 0) is 17.9 Å². The van der Waals surface area contributed by atoms with Crippen LogP contribution in [0.5, 0.6) is 5.75 Å². The van der Waals surface area contributed by atoms with Crippen LogP contribution in [-0.4, -0.2) is 23.8 Å². The topological polar surface area (TPSA) is 42.7 Å². The Morgan fingerprint density at radius 1 is 1.25 bits per heavy atom. The summed E-state index contributed by atoms with van der Waals surface area (Å²) in [5, 5.41) is 0. The smallest absolute Gasteiger partial charge is 0.238 e. The zero-order valence-corrected chi connectivity index (χ0v) is 12.0. The molecule has 0 bridgehead atoms. The predicted octanol–water partition coefficient (Wildman–Crippen LogP) is 3.06. The maximum atomic E-state index is 12.0. The van der Waals surface area contributed by atoms with E-state index in [9.17, 15) is 4.79 Å². The summed E-state index contributed by atoms with van der Waals surface area (Å²) >= 11 is 5.67. The molecule has 0 radical (unpaired) electrons. The third-order valence-electron chi connectivity index (χ3n) is 2.95. The van der Waals surface area contributed by atoms with Crippen molar-refractivity contribution in [2.45, 2.75) is 13.1 Å². The highest BCUT2D eigenvalue weighted by molar-refractivity contribution is 6.27. The standard InChI is InChI=1S/C15H16ClNO3/c1-19-14-7-3-2-5-12(14)10-17(15(18)9-16)11-13-6-4-8-20-13/h2-8H,9-11H2,1H3. The van der Waals surface area contributed by atoms with Crippen LogP contribution in [0.25, 0.3) is 0 Å². The van der Waals surface area contributed by atoms with E-state index in [4.69, 9.17) is 20.8 Å². The molecule has 0 spiro atoms. The first-order valence-electron chi connectivity index (χ1n) is 6.22. The third kappa shape index (κ3) is 3.54. The number of methoxy groups -OCH3 is 1. The third-order valence-corrected chi connectivity index (χ3v) is 3.18. The van der Waals surface area contributed by atoms with Gasteiger partial charge in [0.2, 0.25) is 5.91 Å². The molecule has 1 amide bonds. The lowest BCUT2D eigenvalue weighted by molar-refractivity contribution is -0.130. The average molecular weight is 294 g/mol. The molecule has 1 aromatic heterocycles. The molecule has 0 N–H and O–H groups in total. The summed E-state index contributed by atoms with van der Waals surface area (Å²) in [5.41, 5.74) is 0.931. The van der Waals surface area contributed by atoms with Gasteiger partial charge in [0.1, 0.15) is 17.4 Å². The van der Waals surface area contributed by atoms with Crippen LogP contribution in [0.15, 0.2) is 47.1 Å². The van der Waals surface area contributed by atoms with Crippen LogP contribution in [0.1, 0.15) is 11.3 Å². The highest BCUT2D eigenvalue weighted by Crippen LogP contribution is 2.20. The van der Waals surface area contributed by atoms with Gasteiger partial charge in [-0.1, -0.05) is 18.2 Å². The number of benzene rings is 1. The van der Waals surface area contributed by atoms with Crippen molar-refractivity contribution in [3.63, 3.8) is 0 Å². The number of para-hydroxylation sites is 1. The van der Waals surface area contributed by atoms with E-state index in [-0.39, 0.29) is 11.8 Å². The predicted molar refractivity (Wildman–Crippen MR) is 76.7 cm³/mol. The number of carbonyl (C=O) groups excluding carboxylic acids is 1. The summed E-state index contributed by atoms with van der Waals surface area (Å²) in [6.07, 6.45) is 1.59. The van der Waals surface area contributed by atoms with E-state index in [0.29, 0.717) is 13.1 Å². The van der Waals surface area contributed by atoms with E-state index in [2.05, 4.69) is 0 Å². The van der Waals surface area contributed by atoms with E-state index in [1.54, 1.807) is 24.3 Å². The van der Waals surface area contributed by atoms with Gasteiger partial charge in [0.25, 0.3) is 0 Å². The molecule has 0 saturated carbocycles. The van der Waals surface area contributed by atoms with Gasteiger partial charge in [-0.2, -0.15) is 0 Å². The highest BCUT2D eigenvalue weighted by atomic mass is 35.5. The molecule has 5 heteroatoms. The Hall–Kier alpha value is -1.94. The number of hydrogen-bond donors (Lipinski definition) is 0. The van der Waals surface area contributed by atoms with Crippen LogP contribution in [0.4, 0.5) is 0 Å². The van der Waals surface area contributed by atoms with Crippen LogP contribution in [0, 0.1) is 0 Å². The summed E-state index contributed by atoms with van der Waals surface area (Å²) in [5.74, 6) is 1.27. The molecule has 106 valence electrons. The van der Waals surface area contributed by atoms with Gasteiger partial charge >= 0.3 is 0 Å². The van der Waals surface area contributed by atoms with Gasteiger partial charge in [0.05, 0.1) is 19.9 Å². The summed E-state index contributed by atoms with van der Waals surface area (Å²) < 4.78 is 10.6. The number of amides is 1. The molecule has 1 heterocycles. The molecule has 0 atom stereocenters. The normalized spacial score (nSPS) is 10.3. The van der Waals surface area contributed by atoms with Crippen LogP contribution in [0.2, 0.25) is 0 Å². The minimum atomic E-state index is -0.144. The fraction of sp³-hybridized carbons (Fsp3) is 0.267. The summed E-state index contributed by atoms with van der Waals surface area (Å²) in [4.78, 5) is 13.6. The van der Waals surface area contributed by atoms with Crippen molar-refractivity contribution in [2.24, 2.45) is 0 Å². The largest absolute Gasteiger partial charge is 0.496 e. The maximum Gasteiger partial charge on any atom is 0.238 e. The first-order valence-corrected chi connectivity index (χ1v) is 6.76. The molecular weight excluding hydrogens is 278 g/mol. The van der Waals surface area contributed by atoms with E-state index >= 15 is 0 Å². The second-order valence-electron chi connectivity index (χ2n) is 4.27. The van der Waals surface area contributed by atoms with Gasteiger partial charge in [-0.3, -0.25) is 4.79 Å². The lowest BCUT2D eigenvalue weighted by Gasteiger charge is -2.22. The Morgan fingerprint density at radius 3 is 2.70 bits per heavy atom. The number of nitrogens with zero attached hydrogens (tertiary/aromatic N) is 1. The molecule has 20 heavy (non-hydrogen) atoms. The van der Waals surface area contributed by atoms with Crippen LogP contribution in [0.3, 0.4) is 0 Å². The minimum Gasteiger partial charge on any atom is -0.496 e. The Kier molecular flexibility index (Phi) is 5.07. The first-order chi connectivity index (χ1) is 9.74. The zero-order valence-electron chi connectivity index (χ0n) is 11.2. The minimum absolute atomic E-state index is 0.0597. The second-order valence-corrected chi connectivity index (χ2v) is 4.54. The van der Waals surface area contributed by atoms with Crippen molar-refractivity contribution < 1.29 is 13.9 Å². The van der Waals surface area contributed by atoms with Gasteiger partial charge in [-0.25, -0.2) is 0 Å². The Labute approximate surface area is 122 Å². The summed E-state index contributed by atoms with van der Waals surface area (Å²) in [6.45, 7) is 0.812. The van der Waals surface area contributed by atoms with Crippen LogP contribution >= 0.6 is 11.6 Å². The molecule has 0 aliphatic heterocycles. The van der Waals surface area contributed by atoms with E-state index in [1.165, 1.54) is 0 Å². The molecular formula is C15H16ClNO3. The summed E-state index contributed by atoms with van der Waals surface area (Å²) in [6, 6.07) is 11.2. The van der Waals surface area contributed by atoms with Gasteiger partial charge < -0.3 is 14.1 Å². The van der Waals surface area contributed by atoms with Crippen LogP contribution < -0.4 is 4.74 Å². The number of halogens is 1. The molecule has 0 unspecified atom stereocenters. The molecule has 0 aliphatic carbocycles. The lowest BCUT2D eigenvalue weighted by atomic mass is 10.2. The molecule has 0 saturated heterocycles. The van der Waals surface area contributed by atoms with Crippen molar-refractivity contribution in [3.8, 4) is 5.75 Å². The molecule has 2 rings (SSSR count). The average Bonchev–Trinajstić information content (AvgIpc) is 2.99. The number of alkyl halides is 1. The van der Waals surface area contributed by atoms with Gasteiger partial charge in [-0.15, -0.1) is 11.6 Å². The second kappa shape index (κ2) is 7.01. The lowest BCUT2D eigenvalue weighted by Crippen LogP contribution is -2.31. The van der Waals surface area contributed by atoms with Crippen molar-refractivity contribution in [2.75, 3.05) is 13.0 Å². The zero-order chi connectivity index (χ0) is 14.4. The Bertz CT molecular complexity index is 554. The van der Waals surface area contributed by atoms with Crippen molar-refractivity contribution >= 4 is 17.5 Å². The number of rotatable bonds is 6. The number of hydrogen-bond acceptors (Lipinski definition) is 3. The van der Waals surface area contributed by atoms with Crippen molar-refractivity contribution in [1.29, 1.82) is 0 Å². The fourth-order valence-corrected chi connectivity index (χ4v) is 2.12. The van der Waals surface area contributed by atoms with Crippen molar-refractivity contribution in [1.82, 2.24) is 4.90 Å². The molecule has 0 fully saturated rings. The molecule has 4 nitrogen and oxygen atoms in total. The van der Waals surface area contributed by atoms with Gasteiger partial charge in [0.15, 0.2) is 0 Å². The Morgan fingerprint density at radius 2 is 2.05 bits per heavy atom. The number of ether oxygens (including phenoxy) is 1. The van der Waals surface area contributed by atoms with Gasteiger partial charge in [-0.05, 0) is 18.2 Å². The Balaban J connectivity index is 2.17. The first kappa shape index (κ1) is 14.5. The quantitative estimate of drug-likeness (QED) is 0.769. The van der Waals surface area contributed by atoms with E-state index < -0.39 is 0 Å². The number of carbonyl (C=O) groups is 1.